The Labute approximate surface area is 162 Å². The summed E-state index contributed by atoms with van der Waals surface area (Å²) >= 11 is 0. The van der Waals surface area contributed by atoms with Gasteiger partial charge in [0.2, 0.25) is 0 Å². The number of likely N-dealkylation sites (tertiary alicyclic amines) is 1. The lowest BCUT2D eigenvalue weighted by atomic mass is 9.86. The van der Waals surface area contributed by atoms with Gasteiger partial charge in [-0.3, -0.25) is 4.98 Å². The number of aryl methyl sites for hydroxylation is 1. The van der Waals surface area contributed by atoms with Gasteiger partial charge in [-0.25, -0.2) is 4.79 Å². The van der Waals surface area contributed by atoms with Crippen LogP contribution in [0, 0.1) is 18.8 Å². The van der Waals surface area contributed by atoms with Crippen molar-refractivity contribution in [2.24, 2.45) is 22.6 Å². The van der Waals surface area contributed by atoms with Gasteiger partial charge in [-0.2, -0.15) is 4.99 Å². The van der Waals surface area contributed by atoms with Crippen LogP contribution in [-0.2, 0) is 0 Å². The molecule has 2 heterocycles. The fourth-order valence-electron chi connectivity index (χ4n) is 4.32. The van der Waals surface area contributed by atoms with Crippen LogP contribution in [0.2, 0.25) is 0 Å². The van der Waals surface area contributed by atoms with Crippen LogP contribution in [0.1, 0.15) is 57.1 Å². The number of anilines is 1. The SMILES string of the molecule is Cc1cc(NC(=O)/N=C(\N)C2CCCN(CCC3CCCCC3)C2)ccn1. The summed E-state index contributed by atoms with van der Waals surface area (Å²) in [5.74, 6) is 1.54. The minimum absolute atomic E-state index is 0.176. The summed E-state index contributed by atoms with van der Waals surface area (Å²) in [7, 11) is 0. The maximum absolute atomic E-state index is 12.2. The molecule has 2 amide bonds. The van der Waals surface area contributed by atoms with E-state index < -0.39 is 6.03 Å². The predicted octanol–water partition coefficient (Wildman–Crippen LogP) is 3.96. The molecule has 148 valence electrons. The number of carbonyl (C=O) groups is 1. The van der Waals surface area contributed by atoms with Crippen LogP contribution in [0.5, 0.6) is 0 Å². The summed E-state index contributed by atoms with van der Waals surface area (Å²) in [6.07, 6.45) is 12.1. The zero-order valence-corrected chi connectivity index (χ0v) is 16.5. The molecule has 1 aliphatic heterocycles. The number of carbonyl (C=O) groups excluding carboxylic acids is 1. The molecule has 3 N–H and O–H groups in total. The quantitative estimate of drug-likeness (QED) is 0.606. The Morgan fingerprint density at radius 2 is 2.11 bits per heavy atom. The lowest BCUT2D eigenvalue weighted by molar-refractivity contribution is 0.182. The van der Waals surface area contributed by atoms with E-state index in [2.05, 4.69) is 20.2 Å². The van der Waals surface area contributed by atoms with Crippen molar-refractivity contribution in [3.63, 3.8) is 0 Å². The molecular weight excluding hydrogens is 338 g/mol. The van der Waals surface area contributed by atoms with E-state index in [-0.39, 0.29) is 5.92 Å². The molecular formula is C21H33N5O. The van der Waals surface area contributed by atoms with Crippen LogP contribution in [0.4, 0.5) is 10.5 Å². The van der Waals surface area contributed by atoms with Crippen LogP contribution >= 0.6 is 0 Å². The number of rotatable bonds is 5. The highest BCUT2D eigenvalue weighted by atomic mass is 16.2. The maximum atomic E-state index is 12.2. The fourth-order valence-corrected chi connectivity index (χ4v) is 4.32. The molecule has 6 heteroatoms. The molecule has 1 unspecified atom stereocenters. The normalized spacial score (nSPS) is 22.6. The van der Waals surface area contributed by atoms with Gasteiger partial charge in [0.05, 0.1) is 0 Å². The van der Waals surface area contributed by atoms with Gasteiger partial charge in [0, 0.05) is 30.0 Å². The number of urea groups is 1. The molecule has 1 aliphatic carbocycles. The molecule has 0 aromatic carbocycles. The van der Waals surface area contributed by atoms with Gasteiger partial charge in [-0.05, 0) is 57.3 Å². The number of nitrogens with two attached hydrogens (primary N) is 1. The average molecular weight is 372 g/mol. The van der Waals surface area contributed by atoms with Gasteiger partial charge in [0.1, 0.15) is 5.84 Å². The Morgan fingerprint density at radius 1 is 1.30 bits per heavy atom. The molecule has 1 aromatic heterocycles. The first kappa shape index (κ1) is 19.8. The standard InChI is InChI=1S/C21H33N5O/c1-16-14-19(9-11-23-16)24-21(27)25-20(22)18-8-5-12-26(15-18)13-10-17-6-3-2-4-7-17/h9,11,14,17-18H,2-8,10,12-13,15H2,1H3,(H3,22,23,24,25,27). The number of amidine groups is 1. The van der Waals surface area contributed by atoms with Crippen molar-refractivity contribution in [2.45, 2.75) is 58.3 Å². The summed E-state index contributed by atoms with van der Waals surface area (Å²) in [6.45, 7) is 5.09. The highest BCUT2D eigenvalue weighted by Crippen LogP contribution is 2.27. The molecule has 0 bridgehead atoms. The number of hydrogen-bond donors (Lipinski definition) is 2. The lowest BCUT2D eigenvalue weighted by Gasteiger charge is -2.33. The third-order valence-corrected chi connectivity index (χ3v) is 5.88. The van der Waals surface area contributed by atoms with E-state index in [1.165, 1.54) is 38.5 Å². The lowest BCUT2D eigenvalue weighted by Crippen LogP contribution is -2.42. The number of aliphatic imine (C=N–C) groups is 1. The minimum Gasteiger partial charge on any atom is -0.387 e. The van der Waals surface area contributed by atoms with E-state index in [1.54, 1.807) is 12.3 Å². The van der Waals surface area contributed by atoms with Gasteiger partial charge in [-0.15, -0.1) is 0 Å². The van der Waals surface area contributed by atoms with Crippen molar-refractivity contribution in [3.8, 4) is 0 Å². The van der Waals surface area contributed by atoms with Gasteiger partial charge in [0.15, 0.2) is 0 Å². The van der Waals surface area contributed by atoms with Crippen molar-refractivity contribution < 1.29 is 4.79 Å². The molecule has 1 saturated carbocycles. The molecule has 3 rings (SSSR count). The Morgan fingerprint density at radius 3 is 2.89 bits per heavy atom. The smallest absolute Gasteiger partial charge is 0.347 e. The Hall–Kier alpha value is -1.95. The highest BCUT2D eigenvalue weighted by Gasteiger charge is 2.24. The zero-order chi connectivity index (χ0) is 19.1. The van der Waals surface area contributed by atoms with Crippen LogP contribution in [0.3, 0.4) is 0 Å². The first-order valence-corrected chi connectivity index (χ1v) is 10.4. The van der Waals surface area contributed by atoms with E-state index >= 15 is 0 Å². The number of nitrogens with zero attached hydrogens (tertiary/aromatic N) is 3. The summed E-state index contributed by atoms with van der Waals surface area (Å²) in [5.41, 5.74) is 7.73. The van der Waals surface area contributed by atoms with E-state index in [1.807, 2.05) is 13.0 Å². The van der Waals surface area contributed by atoms with Crippen molar-refractivity contribution >= 4 is 17.6 Å². The number of hydrogen-bond acceptors (Lipinski definition) is 3. The molecule has 0 spiro atoms. The molecule has 1 saturated heterocycles. The molecule has 1 atom stereocenters. The number of piperidine rings is 1. The number of amides is 2. The van der Waals surface area contributed by atoms with Gasteiger partial charge >= 0.3 is 6.03 Å². The van der Waals surface area contributed by atoms with E-state index in [4.69, 9.17) is 5.73 Å². The van der Waals surface area contributed by atoms with Crippen LogP contribution in [-0.4, -0.2) is 41.4 Å². The highest BCUT2D eigenvalue weighted by molar-refractivity contribution is 6.00. The second-order valence-electron chi connectivity index (χ2n) is 8.09. The van der Waals surface area contributed by atoms with Crippen molar-refractivity contribution in [2.75, 3.05) is 25.0 Å². The first-order chi connectivity index (χ1) is 13.1. The molecule has 27 heavy (non-hydrogen) atoms. The van der Waals surface area contributed by atoms with Gasteiger partial charge < -0.3 is 16.0 Å². The van der Waals surface area contributed by atoms with E-state index in [0.29, 0.717) is 11.5 Å². The fraction of sp³-hybridized carbons (Fsp3) is 0.667. The summed E-state index contributed by atoms with van der Waals surface area (Å²) < 4.78 is 0. The van der Waals surface area contributed by atoms with Crippen LogP contribution < -0.4 is 11.1 Å². The Balaban J connectivity index is 1.48. The van der Waals surface area contributed by atoms with Gasteiger partial charge in [0.25, 0.3) is 0 Å². The van der Waals surface area contributed by atoms with Crippen molar-refractivity contribution in [1.29, 1.82) is 0 Å². The minimum atomic E-state index is -0.405. The Kier molecular flexibility index (Phi) is 7.21. The first-order valence-electron chi connectivity index (χ1n) is 10.4. The molecule has 6 nitrogen and oxygen atoms in total. The average Bonchev–Trinajstić information content (AvgIpc) is 2.67. The van der Waals surface area contributed by atoms with Crippen molar-refractivity contribution in [1.82, 2.24) is 9.88 Å². The topological polar surface area (TPSA) is 83.6 Å². The number of aromatic nitrogens is 1. The third kappa shape index (κ3) is 6.31. The summed E-state index contributed by atoms with van der Waals surface area (Å²) in [4.78, 5) is 22.9. The second-order valence-corrected chi connectivity index (χ2v) is 8.09. The van der Waals surface area contributed by atoms with Gasteiger partial charge in [-0.1, -0.05) is 32.1 Å². The number of nitrogens with one attached hydrogen (secondary N) is 1. The molecule has 2 aliphatic rings. The van der Waals surface area contributed by atoms with Crippen LogP contribution in [0.25, 0.3) is 0 Å². The van der Waals surface area contributed by atoms with Crippen LogP contribution in [0.15, 0.2) is 23.3 Å². The summed E-state index contributed by atoms with van der Waals surface area (Å²) in [6, 6.07) is 3.17. The monoisotopic (exact) mass is 371 g/mol. The predicted molar refractivity (Wildman–Crippen MR) is 110 cm³/mol. The molecule has 2 fully saturated rings. The summed E-state index contributed by atoms with van der Waals surface area (Å²) in [5, 5.41) is 2.77. The van der Waals surface area contributed by atoms with E-state index in [9.17, 15) is 4.79 Å². The van der Waals surface area contributed by atoms with E-state index in [0.717, 1.165) is 44.1 Å². The second kappa shape index (κ2) is 9.83. The molecule has 0 radical (unpaired) electrons. The molecule has 1 aromatic rings. The zero-order valence-electron chi connectivity index (χ0n) is 16.5. The largest absolute Gasteiger partial charge is 0.387 e. The number of pyridine rings is 1. The van der Waals surface area contributed by atoms with Crippen molar-refractivity contribution in [3.05, 3.63) is 24.0 Å². The Bertz CT molecular complexity index is 654. The third-order valence-electron chi connectivity index (χ3n) is 5.88. The maximum Gasteiger partial charge on any atom is 0.347 e.